The molecule has 0 aromatic carbocycles. The first kappa shape index (κ1) is 14.8. The van der Waals surface area contributed by atoms with Gasteiger partial charge < -0.3 is 10.1 Å². The lowest BCUT2D eigenvalue weighted by Crippen LogP contribution is -2.26. The quantitative estimate of drug-likeness (QED) is 0.878. The number of fused-ring (bicyclic) bond motifs is 1. The first-order chi connectivity index (χ1) is 10.6. The first-order valence-electron chi connectivity index (χ1n) is 7.16. The van der Waals surface area contributed by atoms with Crippen LogP contribution in [0.5, 0.6) is 0 Å². The molecule has 116 valence electrons. The van der Waals surface area contributed by atoms with Crippen molar-refractivity contribution in [3.8, 4) is 0 Å². The van der Waals surface area contributed by atoms with E-state index < -0.39 is 0 Å². The fraction of sp³-hybridized carbons (Fsp3) is 0.400. The molecular formula is C15H17N3O3S. The number of aryl methyl sites for hydroxylation is 1. The minimum absolute atomic E-state index is 0.000282. The molecule has 0 fully saturated rings. The molecule has 3 heterocycles. The van der Waals surface area contributed by atoms with Gasteiger partial charge in [0.25, 0.3) is 0 Å². The van der Waals surface area contributed by atoms with Gasteiger partial charge in [-0.1, -0.05) is 6.07 Å². The number of carbonyl (C=O) groups excluding carboxylic acids is 2. The zero-order chi connectivity index (χ0) is 15.7. The van der Waals surface area contributed by atoms with Crippen molar-refractivity contribution in [2.45, 2.75) is 32.7 Å². The van der Waals surface area contributed by atoms with Gasteiger partial charge in [-0.3, -0.25) is 9.59 Å². The SMILES string of the molecule is CCOC(=O)Cn1nc(C)c2c1NC(=O)CC2c1cccs1. The fourth-order valence-corrected chi connectivity index (χ4v) is 3.63. The van der Waals surface area contributed by atoms with Gasteiger partial charge in [0.05, 0.1) is 12.3 Å². The Morgan fingerprint density at radius 3 is 3.09 bits per heavy atom. The zero-order valence-corrected chi connectivity index (χ0v) is 13.3. The number of ether oxygens (including phenoxy) is 1. The highest BCUT2D eigenvalue weighted by Gasteiger charge is 2.33. The van der Waals surface area contributed by atoms with Crippen molar-refractivity contribution in [3.63, 3.8) is 0 Å². The van der Waals surface area contributed by atoms with Gasteiger partial charge in [-0.15, -0.1) is 11.3 Å². The van der Waals surface area contributed by atoms with E-state index in [1.807, 2.05) is 24.4 Å². The average Bonchev–Trinajstić information content (AvgIpc) is 3.08. The lowest BCUT2D eigenvalue weighted by Gasteiger charge is -2.23. The number of amides is 1. The topological polar surface area (TPSA) is 73.2 Å². The summed E-state index contributed by atoms with van der Waals surface area (Å²) in [5.41, 5.74) is 1.82. The van der Waals surface area contributed by atoms with E-state index in [0.717, 1.165) is 16.1 Å². The van der Waals surface area contributed by atoms with E-state index >= 15 is 0 Å². The number of thiophene rings is 1. The Morgan fingerprint density at radius 2 is 2.41 bits per heavy atom. The molecule has 1 aliphatic rings. The standard InChI is InChI=1S/C15H17N3O3S/c1-3-21-13(20)8-18-15-14(9(2)17-18)10(7-12(19)16-15)11-5-4-6-22-11/h4-6,10H,3,7-8H2,1-2H3,(H,16,19). The van der Waals surface area contributed by atoms with Crippen LogP contribution in [0.25, 0.3) is 0 Å². The van der Waals surface area contributed by atoms with Crippen molar-refractivity contribution in [3.05, 3.63) is 33.6 Å². The molecule has 22 heavy (non-hydrogen) atoms. The van der Waals surface area contributed by atoms with Crippen LogP contribution in [0.4, 0.5) is 5.82 Å². The minimum atomic E-state index is -0.361. The largest absolute Gasteiger partial charge is 0.465 e. The number of esters is 1. The monoisotopic (exact) mass is 319 g/mol. The zero-order valence-electron chi connectivity index (χ0n) is 12.5. The summed E-state index contributed by atoms with van der Waals surface area (Å²) in [7, 11) is 0. The molecule has 0 spiro atoms. The maximum Gasteiger partial charge on any atom is 0.327 e. The second-order valence-corrected chi connectivity index (χ2v) is 6.11. The van der Waals surface area contributed by atoms with Crippen LogP contribution in [0.1, 0.15) is 35.4 Å². The Labute approximate surface area is 132 Å². The summed E-state index contributed by atoms with van der Waals surface area (Å²) in [5.74, 6) is 0.191. The number of aromatic nitrogens is 2. The Bertz CT molecular complexity index is 706. The Hall–Kier alpha value is -2.15. The molecule has 0 radical (unpaired) electrons. The molecule has 2 aromatic rings. The molecule has 0 saturated heterocycles. The van der Waals surface area contributed by atoms with Gasteiger partial charge in [-0.2, -0.15) is 5.10 Å². The number of carbonyl (C=O) groups is 2. The second-order valence-electron chi connectivity index (χ2n) is 5.13. The Morgan fingerprint density at radius 1 is 1.59 bits per heavy atom. The van der Waals surface area contributed by atoms with E-state index in [2.05, 4.69) is 10.4 Å². The maximum absolute atomic E-state index is 12.0. The lowest BCUT2D eigenvalue weighted by atomic mass is 9.91. The molecule has 1 unspecified atom stereocenters. The normalized spacial score (nSPS) is 17.0. The van der Waals surface area contributed by atoms with Crippen LogP contribution in [-0.2, 0) is 20.9 Å². The van der Waals surface area contributed by atoms with E-state index in [9.17, 15) is 9.59 Å². The molecule has 6 nitrogen and oxygen atoms in total. The predicted molar refractivity (Wildman–Crippen MR) is 83.0 cm³/mol. The molecule has 0 aliphatic carbocycles. The van der Waals surface area contributed by atoms with Crippen LogP contribution >= 0.6 is 11.3 Å². The highest BCUT2D eigenvalue weighted by atomic mass is 32.1. The summed E-state index contributed by atoms with van der Waals surface area (Å²) in [6, 6.07) is 4.00. The minimum Gasteiger partial charge on any atom is -0.465 e. The van der Waals surface area contributed by atoms with Crippen molar-refractivity contribution in [2.24, 2.45) is 0 Å². The van der Waals surface area contributed by atoms with E-state index in [4.69, 9.17) is 4.74 Å². The molecule has 1 atom stereocenters. The van der Waals surface area contributed by atoms with Gasteiger partial charge in [0.15, 0.2) is 0 Å². The van der Waals surface area contributed by atoms with Crippen LogP contribution in [0.2, 0.25) is 0 Å². The maximum atomic E-state index is 12.0. The van der Waals surface area contributed by atoms with Gasteiger partial charge in [0.2, 0.25) is 5.91 Å². The molecule has 0 saturated carbocycles. The predicted octanol–water partition coefficient (Wildman–Crippen LogP) is 2.29. The van der Waals surface area contributed by atoms with Gasteiger partial charge >= 0.3 is 5.97 Å². The van der Waals surface area contributed by atoms with Gasteiger partial charge in [-0.05, 0) is 25.3 Å². The molecule has 1 N–H and O–H groups in total. The number of hydrogen-bond acceptors (Lipinski definition) is 5. The summed E-state index contributed by atoms with van der Waals surface area (Å²) in [6.07, 6.45) is 0.402. The number of nitrogens with one attached hydrogen (secondary N) is 1. The molecule has 0 bridgehead atoms. The van der Waals surface area contributed by atoms with Crippen molar-refractivity contribution in [1.82, 2.24) is 9.78 Å². The van der Waals surface area contributed by atoms with Crippen molar-refractivity contribution in [2.75, 3.05) is 11.9 Å². The highest BCUT2D eigenvalue weighted by molar-refractivity contribution is 7.10. The molecule has 2 aromatic heterocycles. The smallest absolute Gasteiger partial charge is 0.327 e. The third-order valence-electron chi connectivity index (χ3n) is 3.64. The van der Waals surface area contributed by atoms with Crippen molar-refractivity contribution < 1.29 is 14.3 Å². The van der Waals surface area contributed by atoms with Gasteiger partial charge in [0.1, 0.15) is 12.4 Å². The molecule has 1 aliphatic heterocycles. The summed E-state index contributed by atoms with van der Waals surface area (Å²) in [6.45, 7) is 3.99. The number of hydrogen-bond donors (Lipinski definition) is 1. The summed E-state index contributed by atoms with van der Waals surface area (Å²) in [4.78, 5) is 24.9. The van der Waals surface area contributed by atoms with E-state index in [-0.39, 0.29) is 24.3 Å². The lowest BCUT2D eigenvalue weighted by molar-refractivity contribution is -0.144. The molecule has 1 amide bonds. The number of rotatable bonds is 4. The Kier molecular flexibility index (Phi) is 3.98. The summed E-state index contributed by atoms with van der Waals surface area (Å²) in [5, 5.41) is 9.26. The third kappa shape index (κ3) is 2.64. The highest BCUT2D eigenvalue weighted by Crippen LogP contribution is 2.40. The fourth-order valence-electron chi connectivity index (χ4n) is 2.79. The van der Waals surface area contributed by atoms with Crippen LogP contribution in [0.15, 0.2) is 17.5 Å². The molecule has 7 heteroatoms. The van der Waals surface area contributed by atoms with E-state index in [0.29, 0.717) is 18.8 Å². The van der Waals surface area contributed by atoms with Gasteiger partial charge in [-0.25, -0.2) is 4.68 Å². The number of anilines is 1. The number of nitrogens with zero attached hydrogens (tertiary/aromatic N) is 2. The van der Waals surface area contributed by atoms with Crippen LogP contribution in [-0.4, -0.2) is 28.3 Å². The first-order valence-corrected chi connectivity index (χ1v) is 8.04. The molecular weight excluding hydrogens is 302 g/mol. The second kappa shape index (κ2) is 5.92. The third-order valence-corrected chi connectivity index (χ3v) is 4.63. The van der Waals surface area contributed by atoms with Crippen LogP contribution in [0, 0.1) is 6.92 Å². The average molecular weight is 319 g/mol. The van der Waals surface area contributed by atoms with E-state index in [1.165, 1.54) is 4.68 Å². The Balaban J connectivity index is 1.99. The van der Waals surface area contributed by atoms with Crippen molar-refractivity contribution >= 4 is 29.0 Å². The summed E-state index contributed by atoms with van der Waals surface area (Å²) >= 11 is 1.63. The van der Waals surface area contributed by atoms with Gasteiger partial charge in [0, 0.05) is 22.8 Å². The van der Waals surface area contributed by atoms with Crippen molar-refractivity contribution in [1.29, 1.82) is 0 Å². The van der Waals surface area contributed by atoms with Crippen LogP contribution in [0.3, 0.4) is 0 Å². The van der Waals surface area contributed by atoms with E-state index in [1.54, 1.807) is 18.3 Å². The molecule has 3 rings (SSSR count). The summed E-state index contributed by atoms with van der Waals surface area (Å²) < 4.78 is 6.49. The van der Waals surface area contributed by atoms with Crippen LogP contribution < -0.4 is 5.32 Å².